The summed E-state index contributed by atoms with van der Waals surface area (Å²) < 4.78 is 13.1. The van der Waals surface area contributed by atoms with Gasteiger partial charge >= 0.3 is 0 Å². The first kappa shape index (κ1) is 12.7. The SMILES string of the molecule is CC(C)n1cncc1COc1ccc2c(c1)OCC2=O. The smallest absolute Gasteiger partial charge is 0.203 e. The second kappa shape index (κ2) is 5.00. The largest absolute Gasteiger partial charge is 0.487 e. The average Bonchev–Trinajstić information content (AvgIpc) is 3.03. The van der Waals surface area contributed by atoms with E-state index in [1.807, 2.05) is 0 Å². The summed E-state index contributed by atoms with van der Waals surface area (Å²) in [7, 11) is 0. The first-order chi connectivity index (χ1) is 9.65. The van der Waals surface area contributed by atoms with Gasteiger partial charge in [-0.15, -0.1) is 0 Å². The van der Waals surface area contributed by atoms with Crippen molar-refractivity contribution < 1.29 is 14.3 Å². The van der Waals surface area contributed by atoms with Crippen LogP contribution in [0.4, 0.5) is 0 Å². The van der Waals surface area contributed by atoms with Gasteiger partial charge in [-0.05, 0) is 26.0 Å². The summed E-state index contributed by atoms with van der Waals surface area (Å²) in [6, 6.07) is 5.65. The zero-order chi connectivity index (χ0) is 14.1. The van der Waals surface area contributed by atoms with Crippen molar-refractivity contribution in [3.8, 4) is 11.5 Å². The van der Waals surface area contributed by atoms with Crippen molar-refractivity contribution in [2.45, 2.75) is 26.5 Å². The van der Waals surface area contributed by atoms with Gasteiger partial charge in [0.05, 0.1) is 23.8 Å². The molecule has 1 aliphatic rings. The normalized spacial score (nSPS) is 13.4. The van der Waals surface area contributed by atoms with Gasteiger partial charge in [0, 0.05) is 12.1 Å². The van der Waals surface area contributed by atoms with Gasteiger partial charge in [-0.3, -0.25) is 4.79 Å². The Balaban J connectivity index is 1.73. The standard InChI is InChI=1S/C15H16N2O3/c1-10(2)17-9-16-6-11(17)7-19-12-3-4-13-14(18)8-20-15(13)5-12/h3-6,9-10H,7-8H2,1-2H3. The Morgan fingerprint density at radius 2 is 2.30 bits per heavy atom. The summed E-state index contributed by atoms with van der Waals surface area (Å²) in [5.41, 5.74) is 1.64. The van der Waals surface area contributed by atoms with E-state index in [4.69, 9.17) is 9.47 Å². The average molecular weight is 272 g/mol. The van der Waals surface area contributed by atoms with Crippen LogP contribution < -0.4 is 9.47 Å². The molecule has 0 fully saturated rings. The second-order valence-corrected chi connectivity index (χ2v) is 5.04. The summed E-state index contributed by atoms with van der Waals surface area (Å²) in [6.07, 6.45) is 3.60. The fourth-order valence-corrected chi connectivity index (χ4v) is 2.23. The van der Waals surface area contributed by atoms with Gasteiger partial charge in [-0.2, -0.15) is 0 Å². The molecule has 0 N–H and O–H groups in total. The number of ketones is 1. The Morgan fingerprint density at radius 1 is 1.45 bits per heavy atom. The van der Waals surface area contributed by atoms with Crippen molar-refractivity contribution in [1.82, 2.24) is 9.55 Å². The van der Waals surface area contributed by atoms with Crippen LogP contribution in [0.5, 0.6) is 11.5 Å². The monoisotopic (exact) mass is 272 g/mol. The van der Waals surface area contributed by atoms with E-state index in [2.05, 4.69) is 23.4 Å². The number of fused-ring (bicyclic) bond motifs is 1. The summed E-state index contributed by atoms with van der Waals surface area (Å²) in [5, 5.41) is 0. The first-order valence-corrected chi connectivity index (χ1v) is 6.58. The van der Waals surface area contributed by atoms with Gasteiger partial charge in [0.25, 0.3) is 0 Å². The van der Waals surface area contributed by atoms with E-state index in [1.54, 1.807) is 30.7 Å². The molecular formula is C15H16N2O3. The molecule has 0 atom stereocenters. The van der Waals surface area contributed by atoms with Crippen LogP contribution in [-0.4, -0.2) is 21.9 Å². The Morgan fingerprint density at radius 3 is 3.10 bits per heavy atom. The summed E-state index contributed by atoms with van der Waals surface area (Å²) >= 11 is 0. The second-order valence-electron chi connectivity index (χ2n) is 5.04. The van der Waals surface area contributed by atoms with Crippen molar-refractivity contribution in [2.24, 2.45) is 0 Å². The van der Waals surface area contributed by atoms with E-state index in [9.17, 15) is 4.79 Å². The maximum atomic E-state index is 11.5. The Labute approximate surface area is 117 Å². The molecule has 0 saturated heterocycles. The number of aromatic nitrogens is 2. The molecule has 2 heterocycles. The molecule has 0 unspecified atom stereocenters. The molecule has 0 spiro atoms. The van der Waals surface area contributed by atoms with Crippen LogP contribution in [0.25, 0.3) is 0 Å². The minimum Gasteiger partial charge on any atom is -0.487 e. The van der Waals surface area contributed by atoms with Crippen LogP contribution in [0.15, 0.2) is 30.7 Å². The zero-order valence-electron chi connectivity index (χ0n) is 11.5. The third kappa shape index (κ3) is 2.27. The Bertz CT molecular complexity index is 646. The fourth-order valence-electron chi connectivity index (χ4n) is 2.23. The highest BCUT2D eigenvalue weighted by Crippen LogP contribution is 2.29. The summed E-state index contributed by atoms with van der Waals surface area (Å²) in [4.78, 5) is 15.6. The lowest BCUT2D eigenvalue weighted by Gasteiger charge is -2.12. The molecule has 1 aliphatic heterocycles. The number of imidazole rings is 1. The van der Waals surface area contributed by atoms with Gasteiger partial charge < -0.3 is 14.0 Å². The molecule has 1 aromatic heterocycles. The van der Waals surface area contributed by atoms with Crippen molar-refractivity contribution in [1.29, 1.82) is 0 Å². The molecule has 3 rings (SSSR count). The summed E-state index contributed by atoms with van der Waals surface area (Å²) in [6.45, 7) is 4.75. The molecule has 20 heavy (non-hydrogen) atoms. The topological polar surface area (TPSA) is 53.4 Å². The lowest BCUT2D eigenvalue weighted by molar-refractivity contribution is 0.0961. The molecule has 0 aliphatic carbocycles. The van der Waals surface area contributed by atoms with E-state index in [-0.39, 0.29) is 12.4 Å². The number of hydrogen-bond donors (Lipinski definition) is 0. The van der Waals surface area contributed by atoms with E-state index < -0.39 is 0 Å². The van der Waals surface area contributed by atoms with Gasteiger partial charge in [0.1, 0.15) is 18.1 Å². The highest BCUT2D eigenvalue weighted by atomic mass is 16.5. The van der Waals surface area contributed by atoms with Crippen molar-refractivity contribution in [3.63, 3.8) is 0 Å². The first-order valence-electron chi connectivity index (χ1n) is 6.58. The fraction of sp³-hybridized carbons (Fsp3) is 0.333. The Hall–Kier alpha value is -2.30. The van der Waals surface area contributed by atoms with Crippen LogP contribution in [0.1, 0.15) is 35.9 Å². The zero-order valence-corrected chi connectivity index (χ0v) is 11.5. The van der Waals surface area contributed by atoms with E-state index in [0.29, 0.717) is 29.7 Å². The Kier molecular flexibility index (Phi) is 3.18. The van der Waals surface area contributed by atoms with Crippen molar-refractivity contribution in [2.75, 3.05) is 6.61 Å². The number of carbonyl (C=O) groups is 1. The van der Waals surface area contributed by atoms with Crippen molar-refractivity contribution in [3.05, 3.63) is 42.0 Å². The molecule has 0 saturated carbocycles. The predicted octanol–water partition coefficient (Wildman–Crippen LogP) is 2.62. The molecule has 0 amide bonds. The van der Waals surface area contributed by atoms with Crippen LogP contribution in [0.3, 0.4) is 0 Å². The van der Waals surface area contributed by atoms with Gasteiger partial charge in [-0.1, -0.05) is 0 Å². The lowest BCUT2D eigenvalue weighted by Crippen LogP contribution is -2.07. The highest BCUT2D eigenvalue weighted by molar-refractivity contribution is 6.02. The van der Waals surface area contributed by atoms with E-state index in [1.165, 1.54) is 0 Å². The quantitative estimate of drug-likeness (QED) is 0.858. The third-order valence-corrected chi connectivity index (χ3v) is 3.30. The number of hydrogen-bond acceptors (Lipinski definition) is 4. The lowest BCUT2D eigenvalue weighted by atomic mass is 10.1. The highest BCUT2D eigenvalue weighted by Gasteiger charge is 2.21. The maximum Gasteiger partial charge on any atom is 0.203 e. The molecule has 1 aromatic carbocycles. The van der Waals surface area contributed by atoms with Gasteiger partial charge in [0.15, 0.2) is 6.61 Å². The van der Waals surface area contributed by atoms with Crippen LogP contribution in [0, 0.1) is 0 Å². The molecule has 0 radical (unpaired) electrons. The van der Waals surface area contributed by atoms with E-state index in [0.717, 1.165) is 5.69 Å². The minimum atomic E-state index is 0.0180. The number of ether oxygens (including phenoxy) is 2. The molecule has 2 aromatic rings. The molecule has 5 nitrogen and oxygen atoms in total. The van der Waals surface area contributed by atoms with Crippen LogP contribution in [-0.2, 0) is 6.61 Å². The van der Waals surface area contributed by atoms with E-state index >= 15 is 0 Å². The number of carbonyl (C=O) groups excluding carboxylic acids is 1. The number of rotatable bonds is 4. The molecule has 5 heteroatoms. The van der Waals surface area contributed by atoms with Gasteiger partial charge in [0.2, 0.25) is 5.78 Å². The predicted molar refractivity (Wildman–Crippen MR) is 73.2 cm³/mol. The van der Waals surface area contributed by atoms with Crippen molar-refractivity contribution >= 4 is 5.78 Å². The maximum absolute atomic E-state index is 11.5. The number of benzene rings is 1. The minimum absolute atomic E-state index is 0.0180. The molecule has 0 bridgehead atoms. The number of nitrogens with zero attached hydrogens (tertiary/aromatic N) is 2. The van der Waals surface area contributed by atoms with Crippen LogP contribution in [0.2, 0.25) is 0 Å². The number of Topliss-reactive ketones (excluding diaryl/α,β-unsaturated/α-hetero) is 1. The van der Waals surface area contributed by atoms with Gasteiger partial charge in [-0.25, -0.2) is 4.98 Å². The summed E-state index contributed by atoms with van der Waals surface area (Å²) in [5.74, 6) is 1.31. The third-order valence-electron chi connectivity index (χ3n) is 3.30. The molecular weight excluding hydrogens is 256 g/mol. The molecule has 104 valence electrons. The van der Waals surface area contributed by atoms with Crippen LogP contribution >= 0.6 is 0 Å².